The molecule has 0 aliphatic heterocycles. The molecule has 8 nitrogen and oxygen atoms in total. The van der Waals surface area contributed by atoms with Crippen LogP contribution in [0.15, 0.2) is 24.3 Å². The van der Waals surface area contributed by atoms with Crippen molar-refractivity contribution in [3.63, 3.8) is 0 Å². The second kappa shape index (κ2) is 43.6. The highest BCUT2D eigenvalue weighted by Gasteiger charge is 2.20. The van der Waals surface area contributed by atoms with Gasteiger partial charge >= 0.3 is 5.97 Å². The summed E-state index contributed by atoms with van der Waals surface area (Å²) in [5.74, 6) is -0.333. The average Bonchev–Trinajstić information content (AvgIpc) is 3.19. The van der Waals surface area contributed by atoms with Crippen LogP contribution in [0.25, 0.3) is 0 Å². The molecular weight excluding hydrogens is 758 g/mol. The third kappa shape index (κ3) is 47.9. The van der Waals surface area contributed by atoms with E-state index in [0.717, 1.165) is 44.9 Å². The van der Waals surface area contributed by atoms with Crippen molar-refractivity contribution in [1.82, 2.24) is 0 Å². The molecule has 0 fully saturated rings. The molecule has 0 aliphatic rings. The molecule has 0 N–H and O–H groups in total. The highest BCUT2D eigenvalue weighted by atomic mass is 31.2. The second-order valence-electron chi connectivity index (χ2n) is 18.2. The molecule has 0 heterocycles. The van der Waals surface area contributed by atoms with Gasteiger partial charge in [0.15, 0.2) is 0 Å². The number of unbranched alkanes of at least 4 members (excludes halogenated alkanes) is 29. The van der Waals surface area contributed by atoms with Crippen LogP contribution in [0.2, 0.25) is 0 Å². The van der Waals surface area contributed by atoms with Crippen molar-refractivity contribution in [3.8, 4) is 0 Å². The van der Waals surface area contributed by atoms with Gasteiger partial charge in [-0.25, -0.2) is 0 Å². The van der Waals surface area contributed by atoms with Crippen molar-refractivity contribution in [2.24, 2.45) is 0 Å². The maximum atomic E-state index is 12.7. The summed E-state index contributed by atoms with van der Waals surface area (Å²) in [5, 5.41) is 0. The van der Waals surface area contributed by atoms with Gasteiger partial charge in [-0.1, -0.05) is 205 Å². The number of allylic oxidation sites excluding steroid dienone is 4. The number of likely N-dealkylation sites (N-methyl/N-ethyl adjacent to an activating group) is 1. The minimum atomic E-state index is -4.53. The first-order valence-corrected chi connectivity index (χ1v) is 26.5. The van der Waals surface area contributed by atoms with Crippen LogP contribution in [-0.2, 0) is 27.9 Å². The van der Waals surface area contributed by atoms with Crippen molar-refractivity contribution in [3.05, 3.63) is 24.3 Å². The summed E-state index contributed by atoms with van der Waals surface area (Å²) in [6.07, 6.45) is 50.5. The zero-order chi connectivity index (χ0) is 43.4. The van der Waals surface area contributed by atoms with Crippen molar-refractivity contribution in [2.45, 2.75) is 238 Å². The third-order valence-electron chi connectivity index (χ3n) is 11.0. The maximum absolute atomic E-state index is 12.7. The van der Waals surface area contributed by atoms with Crippen LogP contribution in [0.5, 0.6) is 0 Å². The van der Waals surface area contributed by atoms with Gasteiger partial charge in [0.1, 0.15) is 19.3 Å². The fourth-order valence-corrected chi connectivity index (χ4v) is 7.84. The quantitative estimate of drug-likeness (QED) is 0.0198. The number of esters is 1. The van der Waals surface area contributed by atoms with E-state index >= 15 is 0 Å². The average molecular weight is 856 g/mol. The molecule has 0 saturated carbocycles. The molecule has 0 amide bonds. The minimum absolute atomic E-state index is 0.0261. The Morgan fingerprint density at radius 3 is 1.41 bits per heavy atom. The third-order valence-corrected chi connectivity index (χ3v) is 12.0. The summed E-state index contributed by atoms with van der Waals surface area (Å²) in [7, 11) is 1.36. The monoisotopic (exact) mass is 856 g/mol. The summed E-state index contributed by atoms with van der Waals surface area (Å²) in [4.78, 5) is 25.1. The zero-order valence-electron chi connectivity index (χ0n) is 39.7. The molecular formula is C50H98NO7P. The summed E-state index contributed by atoms with van der Waals surface area (Å²) in [6.45, 7) is 5.41. The Bertz CT molecular complexity index is 998. The predicted octanol–water partition coefficient (Wildman–Crippen LogP) is 14.5. The number of quaternary nitrogens is 1. The van der Waals surface area contributed by atoms with Gasteiger partial charge in [-0.15, -0.1) is 0 Å². The number of ether oxygens (including phenoxy) is 2. The first-order chi connectivity index (χ1) is 28.6. The van der Waals surface area contributed by atoms with E-state index in [2.05, 4.69) is 38.2 Å². The molecule has 0 radical (unpaired) electrons. The molecule has 1 unspecified atom stereocenters. The molecule has 350 valence electrons. The normalized spacial score (nSPS) is 13.8. The fourth-order valence-electron chi connectivity index (χ4n) is 7.11. The number of nitrogens with zero attached hydrogens (tertiary/aromatic N) is 1. The topological polar surface area (TPSA) is 94.1 Å². The van der Waals surface area contributed by atoms with Crippen LogP contribution in [-0.4, -0.2) is 70.7 Å². The Balaban J connectivity index is 4.13. The van der Waals surface area contributed by atoms with Gasteiger partial charge in [0, 0.05) is 13.0 Å². The Labute approximate surface area is 366 Å². The van der Waals surface area contributed by atoms with Gasteiger partial charge in [0.2, 0.25) is 0 Å². The number of hydrogen-bond donors (Lipinski definition) is 0. The van der Waals surface area contributed by atoms with Gasteiger partial charge in [-0.2, -0.15) is 0 Å². The number of rotatable bonds is 47. The van der Waals surface area contributed by atoms with Crippen LogP contribution >= 0.6 is 7.82 Å². The van der Waals surface area contributed by atoms with E-state index < -0.39 is 13.9 Å². The SMILES string of the molecule is CCCCC/C=C\C/C=C\CCCCCCCCOC[C@H](COP(=O)([O-])OCC[N+](C)(C)C)OC(=O)CCCCCCCCCCCCCCCCCCCCCCC. The summed E-state index contributed by atoms with van der Waals surface area (Å²) < 4.78 is 34.7. The number of hydrogen-bond acceptors (Lipinski definition) is 7. The summed E-state index contributed by atoms with van der Waals surface area (Å²) >= 11 is 0. The molecule has 0 aromatic heterocycles. The van der Waals surface area contributed by atoms with Crippen LogP contribution in [0.1, 0.15) is 232 Å². The minimum Gasteiger partial charge on any atom is -0.756 e. The molecule has 9 heteroatoms. The van der Waals surface area contributed by atoms with Gasteiger partial charge < -0.3 is 27.9 Å². The van der Waals surface area contributed by atoms with E-state index in [1.807, 2.05) is 21.1 Å². The molecule has 0 rings (SSSR count). The second-order valence-corrected chi connectivity index (χ2v) is 19.6. The maximum Gasteiger partial charge on any atom is 0.306 e. The molecule has 0 saturated heterocycles. The van der Waals surface area contributed by atoms with E-state index in [0.29, 0.717) is 24.1 Å². The first kappa shape index (κ1) is 58.0. The summed E-state index contributed by atoms with van der Waals surface area (Å²) in [5.41, 5.74) is 0. The number of phosphoric ester groups is 1. The Kier molecular flexibility index (Phi) is 42.9. The van der Waals surface area contributed by atoms with Crippen molar-refractivity contribution in [2.75, 3.05) is 54.1 Å². The van der Waals surface area contributed by atoms with E-state index in [1.165, 1.54) is 167 Å². The summed E-state index contributed by atoms with van der Waals surface area (Å²) in [6, 6.07) is 0. The van der Waals surface area contributed by atoms with Gasteiger partial charge in [-0.3, -0.25) is 9.36 Å². The Hall–Kier alpha value is -1.02. The number of phosphoric acid groups is 1. The lowest BCUT2D eigenvalue weighted by atomic mass is 10.0. The van der Waals surface area contributed by atoms with E-state index in [9.17, 15) is 14.3 Å². The van der Waals surface area contributed by atoms with E-state index in [-0.39, 0.29) is 25.8 Å². The van der Waals surface area contributed by atoms with Gasteiger partial charge in [-0.05, 0) is 44.9 Å². The molecule has 2 atom stereocenters. The van der Waals surface area contributed by atoms with E-state index in [4.69, 9.17) is 18.5 Å². The van der Waals surface area contributed by atoms with E-state index in [1.54, 1.807) is 0 Å². The van der Waals surface area contributed by atoms with Crippen molar-refractivity contribution in [1.29, 1.82) is 0 Å². The van der Waals surface area contributed by atoms with Gasteiger partial charge in [0.05, 0.1) is 34.4 Å². The highest BCUT2D eigenvalue weighted by Crippen LogP contribution is 2.38. The van der Waals surface area contributed by atoms with Crippen molar-refractivity contribution >= 4 is 13.8 Å². The Morgan fingerprint density at radius 2 is 0.932 bits per heavy atom. The smallest absolute Gasteiger partial charge is 0.306 e. The number of carbonyl (C=O) groups excluding carboxylic acids is 1. The standard InChI is InChI=1S/C50H98NO7P/c1-6-8-10-12-14-16-18-20-22-24-25-26-27-28-29-31-33-35-37-39-41-43-50(52)58-49(48-57-59(53,54)56-46-44-51(3,4)5)47-55-45-42-40-38-36-34-32-30-23-21-19-17-15-13-11-9-7-2/h15,17,21,23,49H,6-14,16,18-20,22,24-48H2,1-5H3/b17-15-,23-21-/t49-/m1/s1. The van der Waals surface area contributed by atoms with Crippen molar-refractivity contribution < 1.29 is 37.3 Å². The zero-order valence-corrected chi connectivity index (χ0v) is 40.6. The lowest BCUT2D eigenvalue weighted by Gasteiger charge is -2.28. The van der Waals surface area contributed by atoms with Crippen LogP contribution < -0.4 is 4.89 Å². The van der Waals surface area contributed by atoms with Crippen LogP contribution in [0.3, 0.4) is 0 Å². The molecule has 0 aliphatic carbocycles. The lowest BCUT2D eigenvalue weighted by Crippen LogP contribution is -2.37. The van der Waals surface area contributed by atoms with Crippen LogP contribution in [0.4, 0.5) is 0 Å². The molecule has 59 heavy (non-hydrogen) atoms. The largest absolute Gasteiger partial charge is 0.756 e. The molecule has 0 spiro atoms. The highest BCUT2D eigenvalue weighted by molar-refractivity contribution is 7.45. The predicted molar refractivity (Wildman–Crippen MR) is 250 cm³/mol. The fraction of sp³-hybridized carbons (Fsp3) is 0.900. The number of carbonyl (C=O) groups is 1. The first-order valence-electron chi connectivity index (χ1n) is 25.1. The molecule has 0 bridgehead atoms. The van der Waals surface area contributed by atoms with Gasteiger partial charge in [0.25, 0.3) is 7.82 Å². The lowest BCUT2D eigenvalue weighted by molar-refractivity contribution is -0.870. The Morgan fingerprint density at radius 1 is 0.525 bits per heavy atom. The molecule has 0 aromatic rings. The van der Waals surface area contributed by atoms with Crippen LogP contribution in [0, 0.1) is 0 Å². The molecule has 0 aromatic carbocycles.